The van der Waals surface area contributed by atoms with E-state index in [1.54, 1.807) is 0 Å². The molecular weight excluding hydrogens is 709 g/mol. The molecule has 1 aliphatic rings. The van der Waals surface area contributed by atoms with Gasteiger partial charge in [0.15, 0.2) is 0 Å². The van der Waals surface area contributed by atoms with Gasteiger partial charge >= 0.3 is 0 Å². The van der Waals surface area contributed by atoms with Gasteiger partial charge < -0.3 is 0 Å². The molecular formula is C54H34N2S. The molecule has 0 aliphatic carbocycles. The van der Waals surface area contributed by atoms with Crippen molar-refractivity contribution >= 4 is 75.1 Å². The summed E-state index contributed by atoms with van der Waals surface area (Å²) in [7, 11) is 0. The van der Waals surface area contributed by atoms with Crippen LogP contribution in [-0.4, -0.2) is 10.7 Å². The molecule has 1 atom stereocenters. The molecule has 0 radical (unpaired) electrons. The van der Waals surface area contributed by atoms with E-state index in [1.165, 1.54) is 52.8 Å². The molecule has 1 aliphatic heterocycles. The average Bonchev–Trinajstić information content (AvgIpc) is 3.58. The third-order valence-electron chi connectivity index (χ3n) is 11.3. The summed E-state index contributed by atoms with van der Waals surface area (Å²) in [5.41, 5.74) is 14.1. The van der Waals surface area contributed by atoms with Crippen LogP contribution in [0.2, 0.25) is 0 Å². The average molecular weight is 743 g/mol. The van der Waals surface area contributed by atoms with Crippen LogP contribution in [0.5, 0.6) is 0 Å². The fraction of sp³-hybridized carbons (Fsp3) is 0.0185. The predicted molar refractivity (Wildman–Crippen MR) is 243 cm³/mol. The molecule has 2 nitrogen and oxygen atoms in total. The fourth-order valence-corrected chi connectivity index (χ4v) is 9.87. The number of aromatic nitrogens is 1. The molecule has 10 aromatic rings. The summed E-state index contributed by atoms with van der Waals surface area (Å²) in [6, 6.07) is 62.6. The maximum atomic E-state index is 5.64. The normalized spacial score (nSPS) is 14.4. The van der Waals surface area contributed by atoms with Crippen molar-refractivity contribution in [3.05, 3.63) is 223 Å². The molecule has 57 heavy (non-hydrogen) atoms. The third kappa shape index (κ3) is 5.64. The number of rotatable bonds is 5. The molecule has 266 valence electrons. The summed E-state index contributed by atoms with van der Waals surface area (Å²) < 4.78 is 2.61. The Morgan fingerprint density at radius 2 is 1.21 bits per heavy atom. The lowest BCUT2D eigenvalue weighted by molar-refractivity contribution is 0.885. The SMILES string of the molecule is C=C1C(c2cccc3ccccc23)=C=CC(c2cc(-c3cc4ccccc4c4sc5ccccc5c34)c3ccccc3c2)=NC1c1cccc(-c2ccccn2)c1. The Morgan fingerprint density at radius 1 is 0.526 bits per heavy atom. The second-order valence-electron chi connectivity index (χ2n) is 14.7. The van der Waals surface area contributed by atoms with Crippen LogP contribution < -0.4 is 0 Å². The Hall–Kier alpha value is -7.16. The molecule has 3 heteroatoms. The van der Waals surface area contributed by atoms with Gasteiger partial charge in [0.1, 0.15) is 6.04 Å². The summed E-state index contributed by atoms with van der Waals surface area (Å²) in [4.78, 5) is 10.3. The van der Waals surface area contributed by atoms with Gasteiger partial charge in [0.25, 0.3) is 0 Å². The van der Waals surface area contributed by atoms with Gasteiger partial charge in [0.2, 0.25) is 0 Å². The number of nitrogens with zero attached hydrogens (tertiary/aromatic N) is 2. The van der Waals surface area contributed by atoms with Crippen LogP contribution in [0, 0.1) is 0 Å². The van der Waals surface area contributed by atoms with E-state index in [1.807, 2.05) is 29.7 Å². The van der Waals surface area contributed by atoms with Crippen molar-refractivity contribution in [1.29, 1.82) is 0 Å². The minimum Gasteiger partial charge on any atom is -0.271 e. The van der Waals surface area contributed by atoms with Crippen LogP contribution >= 0.6 is 11.3 Å². The zero-order valence-corrected chi connectivity index (χ0v) is 31.8. The zero-order chi connectivity index (χ0) is 37.9. The van der Waals surface area contributed by atoms with E-state index in [-0.39, 0.29) is 6.04 Å². The Labute approximate surface area is 334 Å². The maximum absolute atomic E-state index is 5.64. The monoisotopic (exact) mass is 742 g/mol. The minimum atomic E-state index is -0.369. The summed E-state index contributed by atoms with van der Waals surface area (Å²) >= 11 is 1.88. The first kappa shape index (κ1) is 33.2. The molecule has 0 saturated carbocycles. The first-order valence-electron chi connectivity index (χ1n) is 19.3. The minimum absolute atomic E-state index is 0.369. The van der Waals surface area contributed by atoms with E-state index in [0.717, 1.165) is 55.6 Å². The van der Waals surface area contributed by atoms with E-state index < -0.39 is 0 Å². The smallest absolute Gasteiger partial charge is 0.101 e. The van der Waals surface area contributed by atoms with Crippen molar-refractivity contribution in [2.24, 2.45) is 4.99 Å². The van der Waals surface area contributed by atoms with Crippen LogP contribution in [0.3, 0.4) is 0 Å². The molecule has 0 N–H and O–H groups in total. The Balaban J connectivity index is 1.18. The molecule has 3 heterocycles. The number of benzene rings is 8. The van der Waals surface area contributed by atoms with Gasteiger partial charge in [-0.15, -0.1) is 17.1 Å². The van der Waals surface area contributed by atoms with Gasteiger partial charge in [-0.25, -0.2) is 0 Å². The zero-order valence-electron chi connectivity index (χ0n) is 31.0. The predicted octanol–water partition coefficient (Wildman–Crippen LogP) is 14.6. The van der Waals surface area contributed by atoms with Crippen molar-refractivity contribution in [3.63, 3.8) is 0 Å². The molecule has 1 unspecified atom stereocenters. The Morgan fingerprint density at radius 3 is 2.04 bits per heavy atom. The number of fused-ring (bicyclic) bond motifs is 7. The number of pyridine rings is 1. The van der Waals surface area contributed by atoms with Gasteiger partial charge in [-0.3, -0.25) is 9.98 Å². The van der Waals surface area contributed by atoms with Crippen molar-refractivity contribution in [1.82, 2.24) is 4.98 Å². The molecule has 0 saturated heterocycles. The lowest BCUT2D eigenvalue weighted by atomic mass is 9.88. The quantitative estimate of drug-likeness (QED) is 0.161. The highest BCUT2D eigenvalue weighted by atomic mass is 32.1. The van der Waals surface area contributed by atoms with Crippen molar-refractivity contribution in [2.45, 2.75) is 6.04 Å². The van der Waals surface area contributed by atoms with Crippen molar-refractivity contribution in [3.8, 4) is 22.4 Å². The van der Waals surface area contributed by atoms with Crippen molar-refractivity contribution < 1.29 is 0 Å². The molecule has 0 bridgehead atoms. The van der Waals surface area contributed by atoms with Crippen LogP contribution in [0.4, 0.5) is 0 Å². The largest absolute Gasteiger partial charge is 0.271 e. The second-order valence-corrected chi connectivity index (χ2v) is 15.7. The molecule has 0 fully saturated rings. The van der Waals surface area contributed by atoms with Gasteiger partial charge in [-0.1, -0.05) is 140 Å². The summed E-state index contributed by atoms with van der Waals surface area (Å²) in [6.45, 7) is 4.79. The number of thiophene rings is 1. The second kappa shape index (κ2) is 13.5. The van der Waals surface area contributed by atoms with Gasteiger partial charge in [-0.05, 0) is 103 Å². The van der Waals surface area contributed by atoms with Crippen LogP contribution in [-0.2, 0) is 0 Å². The first-order valence-corrected chi connectivity index (χ1v) is 20.1. The fourth-order valence-electron chi connectivity index (χ4n) is 8.61. The lowest BCUT2D eigenvalue weighted by Crippen LogP contribution is -2.05. The van der Waals surface area contributed by atoms with E-state index in [9.17, 15) is 0 Å². The van der Waals surface area contributed by atoms with Crippen LogP contribution in [0.25, 0.3) is 80.4 Å². The lowest BCUT2D eigenvalue weighted by Gasteiger charge is -2.20. The third-order valence-corrected chi connectivity index (χ3v) is 12.5. The highest BCUT2D eigenvalue weighted by Gasteiger charge is 2.25. The molecule has 0 amide bonds. The molecule has 8 aromatic carbocycles. The van der Waals surface area contributed by atoms with E-state index in [4.69, 9.17) is 11.6 Å². The highest BCUT2D eigenvalue weighted by Crippen LogP contribution is 2.46. The van der Waals surface area contributed by atoms with E-state index >= 15 is 0 Å². The van der Waals surface area contributed by atoms with Gasteiger partial charge in [0.05, 0.1) is 11.4 Å². The maximum Gasteiger partial charge on any atom is 0.101 e. The number of hydrogen-bond donors (Lipinski definition) is 0. The van der Waals surface area contributed by atoms with E-state index in [2.05, 4.69) is 181 Å². The summed E-state index contributed by atoms with van der Waals surface area (Å²) in [5, 5.41) is 9.82. The number of aliphatic imine (C=N–C) groups is 1. The van der Waals surface area contributed by atoms with Crippen molar-refractivity contribution in [2.75, 3.05) is 0 Å². The summed E-state index contributed by atoms with van der Waals surface area (Å²) in [5.74, 6) is 0. The van der Waals surface area contributed by atoms with Gasteiger partial charge in [-0.2, -0.15) is 0 Å². The molecule has 2 aromatic heterocycles. The molecule has 11 rings (SSSR count). The Kier molecular flexibility index (Phi) is 7.89. The standard InChI is InChI=1S/C54H34N2S/c1-34-41(45-24-13-17-35-14-2-5-20-42(35)45)27-28-50(56-53(34)39-19-12-18-38(31-39)49-25-10-11-29-55-49)40-30-36-15-3-6-21-43(36)47(33-40)48-32-37-16-4-7-22-44(37)54-52(48)46-23-8-9-26-51(46)57-54/h2-26,28-33,53H,1H2. The highest BCUT2D eigenvalue weighted by molar-refractivity contribution is 7.26. The number of hydrogen-bond acceptors (Lipinski definition) is 3. The van der Waals surface area contributed by atoms with Crippen LogP contribution in [0.1, 0.15) is 22.7 Å². The van der Waals surface area contributed by atoms with E-state index in [0.29, 0.717) is 0 Å². The Bertz CT molecular complexity index is 3350. The topological polar surface area (TPSA) is 25.2 Å². The summed E-state index contributed by atoms with van der Waals surface area (Å²) in [6.07, 6.45) is 3.92. The van der Waals surface area contributed by atoms with Gasteiger partial charge in [0, 0.05) is 49.1 Å². The first-order chi connectivity index (χ1) is 28.2. The van der Waals surface area contributed by atoms with Crippen LogP contribution in [0.15, 0.2) is 211 Å². The molecule has 0 spiro atoms.